The molecule has 1 amide bonds. The predicted molar refractivity (Wildman–Crippen MR) is 187 cm³/mol. The third kappa shape index (κ3) is 76.6. The number of carbonyl (C=O) groups excluding carboxylic acids is 1. The molecule has 0 aliphatic rings. The first kappa shape index (κ1) is 125. The van der Waals surface area contributed by atoms with Gasteiger partial charge in [0.2, 0.25) is 5.91 Å². The van der Waals surface area contributed by atoms with Crippen LogP contribution < -0.4 is 5.32 Å². The molecule has 0 aliphatic heterocycles. The maximum atomic E-state index is 11.0. The van der Waals surface area contributed by atoms with E-state index in [1.54, 1.807) is 16.8 Å². The van der Waals surface area contributed by atoms with E-state index in [9.17, 15) is 9.59 Å². The van der Waals surface area contributed by atoms with Gasteiger partial charge in [0, 0.05) is 40.2 Å². The minimum absolute atomic E-state index is 0. The summed E-state index contributed by atoms with van der Waals surface area (Å²) in [7, 11) is 7.53. The Labute approximate surface area is 240 Å². The molecule has 1 unspecified atom stereocenters. The average Bonchev–Trinajstić information content (AvgIpc) is 2.35. The smallest absolute Gasteiger partial charge is 0.303 e. The number of rotatable bonds is 11. The molecule has 0 aliphatic carbocycles. The van der Waals surface area contributed by atoms with Crippen LogP contribution in [-0.2, 0) is 9.59 Å². The Balaban J connectivity index is -0.0000000150. The molecule has 0 aromatic carbocycles. The summed E-state index contributed by atoms with van der Waals surface area (Å²) in [5.41, 5.74) is 0. The van der Waals surface area contributed by atoms with E-state index in [4.69, 9.17) is 13.1 Å². The highest BCUT2D eigenvalue weighted by Gasteiger charge is 2.12. The molecule has 36 heavy (non-hydrogen) atoms. The SMILES string of the molecule is C.C.C.C.C.C.C.C.C.C.C.C.C.C.C.C.[B]N(CCN(C)C(C)=O)CNCC(CCC)CC(=O)O. The second-order valence-corrected chi connectivity index (χ2v) is 5.12. The number of nitrogens with one attached hydrogen (secondary N) is 1. The van der Waals surface area contributed by atoms with Crippen molar-refractivity contribution in [3.8, 4) is 0 Å². The monoisotopic (exact) mass is 540 g/mol. The van der Waals surface area contributed by atoms with Crippen molar-refractivity contribution < 1.29 is 14.7 Å². The number of carboxylic acids is 1. The lowest BCUT2D eigenvalue weighted by atomic mass is 10.00. The summed E-state index contributed by atoms with van der Waals surface area (Å²) in [4.78, 5) is 24.9. The first-order valence-electron chi connectivity index (χ1n) is 7.00. The van der Waals surface area contributed by atoms with Crippen LogP contribution in [-0.4, -0.2) is 68.0 Å². The Kier molecular flexibility index (Phi) is 266. The zero-order chi connectivity index (χ0) is 15.5. The number of likely N-dealkylation sites (N-methyl/N-ethyl adjacent to an activating group) is 1. The lowest BCUT2D eigenvalue weighted by molar-refractivity contribution is -0.138. The molecular weight excluding hydrogens is 449 g/mol. The van der Waals surface area contributed by atoms with Gasteiger partial charge in [-0.2, -0.15) is 0 Å². The van der Waals surface area contributed by atoms with E-state index in [-0.39, 0.29) is 137 Å². The van der Waals surface area contributed by atoms with Crippen LogP contribution in [0.3, 0.4) is 0 Å². The third-order valence-electron chi connectivity index (χ3n) is 3.17. The molecule has 0 aromatic heterocycles. The number of carbonyl (C=O) groups is 2. The summed E-state index contributed by atoms with van der Waals surface area (Å²) in [5.74, 6) is -0.625. The van der Waals surface area contributed by atoms with Crippen LogP contribution in [0, 0.1) is 5.92 Å². The lowest BCUT2D eigenvalue weighted by Crippen LogP contribution is -2.40. The minimum atomic E-state index is -0.766. The van der Waals surface area contributed by atoms with Crippen LogP contribution in [0.5, 0.6) is 0 Å². The normalized spacial score (nSPS) is 6.89. The van der Waals surface area contributed by atoms with E-state index in [1.807, 2.05) is 6.92 Å². The van der Waals surface area contributed by atoms with E-state index in [0.717, 1.165) is 12.8 Å². The zero-order valence-corrected chi connectivity index (χ0v) is 12.8. The summed E-state index contributed by atoms with van der Waals surface area (Å²) in [6.45, 7) is 5.81. The highest BCUT2D eigenvalue weighted by Crippen LogP contribution is 2.09. The fourth-order valence-corrected chi connectivity index (χ4v) is 1.86. The summed E-state index contributed by atoms with van der Waals surface area (Å²) in [6, 6.07) is 0. The Morgan fingerprint density at radius 2 is 1.14 bits per heavy atom. The van der Waals surface area contributed by atoms with Gasteiger partial charge in [-0.25, -0.2) is 0 Å². The zero-order valence-electron chi connectivity index (χ0n) is 12.8. The molecule has 1 atom stereocenters. The molecule has 0 saturated carbocycles. The largest absolute Gasteiger partial charge is 0.481 e. The van der Waals surface area contributed by atoms with Crippen molar-refractivity contribution in [3.63, 3.8) is 0 Å². The van der Waals surface area contributed by atoms with Crippen molar-refractivity contribution in [2.75, 3.05) is 33.4 Å². The topological polar surface area (TPSA) is 72.9 Å². The molecule has 0 saturated heterocycles. The Morgan fingerprint density at radius 1 is 0.778 bits per heavy atom. The second kappa shape index (κ2) is 76.5. The van der Waals surface area contributed by atoms with Crippen molar-refractivity contribution >= 4 is 19.9 Å². The molecule has 0 aromatic rings. The van der Waals surface area contributed by atoms with E-state index in [0.29, 0.717) is 26.3 Å². The molecule has 0 rings (SSSR count). The van der Waals surface area contributed by atoms with E-state index >= 15 is 0 Å². The Hall–Kier alpha value is -1.08. The number of amides is 1. The first-order chi connectivity index (χ1) is 9.36. The summed E-state index contributed by atoms with van der Waals surface area (Å²) >= 11 is 0. The first-order valence-corrected chi connectivity index (χ1v) is 7.00. The molecule has 0 bridgehead atoms. The van der Waals surface area contributed by atoms with Crippen LogP contribution in [0.2, 0.25) is 0 Å². The van der Waals surface area contributed by atoms with Gasteiger partial charge in [-0.15, -0.1) is 0 Å². The maximum Gasteiger partial charge on any atom is 0.303 e. The summed E-state index contributed by atoms with van der Waals surface area (Å²) in [5, 5.41) is 12.0. The third-order valence-corrected chi connectivity index (χ3v) is 3.17. The number of hydrogen-bond acceptors (Lipinski definition) is 4. The van der Waals surface area contributed by atoms with Crippen molar-refractivity contribution in [1.82, 2.24) is 15.0 Å². The highest BCUT2D eigenvalue weighted by molar-refractivity contribution is 6.04. The van der Waals surface area contributed by atoms with Crippen molar-refractivity contribution in [2.24, 2.45) is 5.92 Å². The van der Waals surface area contributed by atoms with E-state index < -0.39 is 5.97 Å². The maximum absolute atomic E-state index is 11.0. The van der Waals surface area contributed by atoms with Gasteiger partial charge in [0.1, 0.15) is 0 Å². The van der Waals surface area contributed by atoms with Crippen LogP contribution in [0.15, 0.2) is 0 Å². The fraction of sp³-hybridized carbons (Fsp3) is 0.931. The Morgan fingerprint density at radius 3 is 1.42 bits per heavy atom. The van der Waals surface area contributed by atoms with Crippen LogP contribution >= 0.6 is 0 Å². The van der Waals surface area contributed by atoms with Crippen LogP contribution in [0.25, 0.3) is 0 Å². The van der Waals surface area contributed by atoms with Crippen molar-refractivity contribution in [1.29, 1.82) is 0 Å². The molecule has 2 N–H and O–H groups in total. The van der Waals surface area contributed by atoms with Gasteiger partial charge in [-0.3, -0.25) is 9.59 Å². The van der Waals surface area contributed by atoms with Gasteiger partial charge < -0.3 is 20.1 Å². The van der Waals surface area contributed by atoms with Gasteiger partial charge in [-0.05, 0) is 18.9 Å². The van der Waals surface area contributed by atoms with Crippen molar-refractivity contribution in [2.45, 2.75) is 152 Å². The van der Waals surface area contributed by atoms with E-state index in [2.05, 4.69) is 5.32 Å². The van der Waals surface area contributed by atoms with Gasteiger partial charge >= 0.3 is 5.97 Å². The average molecular weight is 540 g/mol. The molecule has 0 heterocycles. The van der Waals surface area contributed by atoms with Gasteiger partial charge in [0.15, 0.2) is 7.98 Å². The van der Waals surface area contributed by atoms with E-state index in [1.165, 1.54) is 6.92 Å². The van der Waals surface area contributed by atoms with Crippen LogP contribution in [0.1, 0.15) is 152 Å². The van der Waals surface area contributed by atoms with Gasteiger partial charge in [0.05, 0.1) is 0 Å². The summed E-state index contributed by atoms with van der Waals surface area (Å²) in [6.07, 6.45) is 2.03. The quantitative estimate of drug-likeness (QED) is 0.202. The van der Waals surface area contributed by atoms with Crippen LogP contribution in [0.4, 0.5) is 0 Å². The predicted octanol–water partition coefficient (Wildman–Crippen LogP) is 10.5. The molecule has 7 heteroatoms. The molecule has 6 nitrogen and oxygen atoms in total. The molecule has 0 spiro atoms. The van der Waals surface area contributed by atoms with Gasteiger partial charge in [0.25, 0.3) is 0 Å². The molecule has 242 valence electrons. The van der Waals surface area contributed by atoms with Gasteiger partial charge in [-0.1, -0.05) is 132 Å². The lowest BCUT2D eigenvalue weighted by Gasteiger charge is -2.23. The standard InChI is InChI=1S/C13H26BN3O3.16CH4/c1-4-5-12(8-13(19)20)9-15-10-17(14)7-6-16(3)11(2)18;;;;;;;;;;;;;;;;/h12,15H,4-10H2,1-3H3,(H,19,20);16*1H4. The molecular formula is C29H90BN3O3. The van der Waals surface area contributed by atoms with Crippen molar-refractivity contribution in [3.05, 3.63) is 0 Å². The Bertz CT molecular complexity index is 309. The number of nitrogens with zero attached hydrogens (tertiary/aromatic N) is 2. The minimum Gasteiger partial charge on any atom is -0.481 e. The highest BCUT2D eigenvalue weighted by atomic mass is 16.4. The number of aliphatic carboxylic acids is 1. The molecule has 2 radical (unpaired) electrons. The molecule has 0 fully saturated rings. The second-order valence-electron chi connectivity index (χ2n) is 5.12. The number of hydrogen-bond donors (Lipinski definition) is 2. The fourth-order valence-electron chi connectivity index (χ4n) is 1.86. The number of carboxylic acid groups (broad SMARTS) is 1. The summed E-state index contributed by atoms with van der Waals surface area (Å²) < 4.78 is 0.